The van der Waals surface area contributed by atoms with Gasteiger partial charge in [-0.05, 0) is 36.4 Å². The van der Waals surface area contributed by atoms with E-state index < -0.39 is 0 Å². The number of anilines is 2. The van der Waals surface area contributed by atoms with Gasteiger partial charge in [-0.1, -0.05) is 42.5 Å². The van der Waals surface area contributed by atoms with Gasteiger partial charge >= 0.3 is 6.03 Å². The monoisotopic (exact) mass is 275 g/mol. The molecule has 2 aromatic carbocycles. The number of nitrogens with zero attached hydrogens (tertiary/aromatic N) is 2. The first kappa shape index (κ1) is 13.1. The van der Waals surface area contributed by atoms with Gasteiger partial charge in [0, 0.05) is 0 Å². The van der Waals surface area contributed by atoms with E-state index >= 15 is 0 Å². The van der Waals surface area contributed by atoms with E-state index in [4.69, 9.17) is 0 Å². The van der Waals surface area contributed by atoms with Crippen molar-refractivity contribution in [3.8, 4) is 0 Å². The highest BCUT2D eigenvalue weighted by Gasteiger charge is 2.28. The van der Waals surface area contributed by atoms with Crippen LogP contribution in [0.15, 0.2) is 91.3 Å². The molecule has 0 N–H and O–H groups in total. The summed E-state index contributed by atoms with van der Waals surface area (Å²) in [5.74, 6) is 0. The molecule has 1 aromatic heterocycles. The van der Waals surface area contributed by atoms with Crippen LogP contribution >= 0.6 is 0 Å². The van der Waals surface area contributed by atoms with Crippen LogP contribution in [0, 0.1) is 0 Å². The second-order valence-electron chi connectivity index (χ2n) is 4.57. The van der Waals surface area contributed by atoms with Crippen LogP contribution in [0.4, 0.5) is 16.2 Å². The van der Waals surface area contributed by atoms with Gasteiger partial charge < -0.3 is 0 Å². The highest BCUT2D eigenvalue weighted by Crippen LogP contribution is 2.24. The molecule has 0 radical (unpaired) electrons. The summed E-state index contributed by atoms with van der Waals surface area (Å²) >= 11 is 0. The number of amides is 1. The van der Waals surface area contributed by atoms with Crippen LogP contribution in [0.2, 0.25) is 0 Å². The van der Waals surface area contributed by atoms with Crippen LogP contribution in [0.25, 0.3) is 0 Å². The summed E-state index contributed by atoms with van der Waals surface area (Å²) in [7, 11) is 0. The molecule has 1 amide bonds. The lowest BCUT2D eigenvalue weighted by Crippen LogP contribution is -2.50. The molecule has 1 heterocycles. The van der Waals surface area contributed by atoms with Crippen LogP contribution in [0.1, 0.15) is 0 Å². The second kappa shape index (κ2) is 6.01. The Labute approximate surface area is 123 Å². The Bertz CT molecular complexity index is 672. The van der Waals surface area contributed by atoms with Gasteiger partial charge in [0.2, 0.25) is 0 Å². The lowest BCUT2D eigenvalue weighted by atomic mass is 10.2. The number of hydrogen-bond acceptors (Lipinski definition) is 1. The number of hydrogen-bond donors (Lipinski definition) is 0. The third-order valence-corrected chi connectivity index (χ3v) is 3.16. The summed E-state index contributed by atoms with van der Waals surface area (Å²) < 4.78 is 1.57. The molecule has 0 unspecified atom stereocenters. The van der Waals surface area contributed by atoms with Gasteiger partial charge in [0.25, 0.3) is 0 Å². The molecule has 0 saturated heterocycles. The van der Waals surface area contributed by atoms with Gasteiger partial charge in [-0.15, -0.1) is 0 Å². The summed E-state index contributed by atoms with van der Waals surface area (Å²) in [6, 6.07) is 24.7. The van der Waals surface area contributed by atoms with Gasteiger partial charge in [0.15, 0.2) is 0 Å². The largest absolute Gasteiger partial charge is 0.508 e. The van der Waals surface area contributed by atoms with Gasteiger partial charge in [-0.3, -0.25) is 0 Å². The molecular formula is C18H15N2O+. The highest BCUT2D eigenvalue weighted by molar-refractivity contribution is 5.94. The Morgan fingerprint density at radius 1 is 0.667 bits per heavy atom. The van der Waals surface area contributed by atoms with E-state index in [1.54, 1.807) is 21.9 Å². The minimum Gasteiger partial charge on any atom is -0.196 e. The van der Waals surface area contributed by atoms with E-state index in [1.165, 1.54) is 0 Å². The van der Waals surface area contributed by atoms with Crippen LogP contribution in [-0.4, -0.2) is 6.03 Å². The first-order chi connectivity index (χ1) is 10.4. The molecule has 0 bridgehead atoms. The van der Waals surface area contributed by atoms with E-state index in [2.05, 4.69) is 0 Å². The average molecular weight is 275 g/mol. The van der Waals surface area contributed by atoms with Crippen molar-refractivity contribution in [3.05, 3.63) is 91.3 Å². The molecule has 0 atom stereocenters. The molecule has 3 rings (SSSR count). The predicted molar refractivity (Wildman–Crippen MR) is 82.5 cm³/mol. The van der Waals surface area contributed by atoms with Gasteiger partial charge in [-0.2, -0.15) is 14.3 Å². The lowest BCUT2D eigenvalue weighted by Gasteiger charge is -2.14. The standard InChI is InChI=1S/C18H15N2O/c21-18(19-14-8-3-9-15-19)20(16-10-4-1-5-11-16)17-12-6-2-7-13-17/h1-15H/q+1. The Morgan fingerprint density at radius 3 is 1.57 bits per heavy atom. The minimum atomic E-state index is -0.118. The maximum absolute atomic E-state index is 12.8. The summed E-state index contributed by atoms with van der Waals surface area (Å²) in [6.45, 7) is 0. The minimum absolute atomic E-state index is 0.118. The maximum Gasteiger partial charge on any atom is 0.508 e. The Hall–Kier alpha value is -2.94. The first-order valence-corrected chi connectivity index (χ1v) is 6.77. The van der Waals surface area contributed by atoms with E-state index in [1.807, 2.05) is 78.9 Å². The Balaban J connectivity index is 2.07. The number of benzene rings is 2. The highest BCUT2D eigenvalue weighted by atomic mass is 16.2. The number of pyridine rings is 1. The van der Waals surface area contributed by atoms with E-state index in [-0.39, 0.29) is 6.03 Å². The zero-order valence-electron chi connectivity index (χ0n) is 11.5. The van der Waals surface area contributed by atoms with Crippen molar-refractivity contribution in [1.29, 1.82) is 0 Å². The normalized spacial score (nSPS) is 10.1. The topological polar surface area (TPSA) is 24.2 Å². The van der Waals surface area contributed by atoms with Crippen molar-refractivity contribution in [2.75, 3.05) is 4.90 Å². The van der Waals surface area contributed by atoms with E-state index in [0.29, 0.717) is 0 Å². The summed E-state index contributed by atoms with van der Waals surface area (Å²) in [6.07, 6.45) is 3.50. The third kappa shape index (κ3) is 2.82. The Morgan fingerprint density at radius 2 is 1.10 bits per heavy atom. The van der Waals surface area contributed by atoms with Crippen molar-refractivity contribution in [3.63, 3.8) is 0 Å². The van der Waals surface area contributed by atoms with Gasteiger partial charge in [0.05, 0.1) is 12.4 Å². The molecule has 0 spiro atoms. The summed E-state index contributed by atoms with van der Waals surface area (Å²) in [4.78, 5) is 14.5. The van der Waals surface area contributed by atoms with Crippen molar-refractivity contribution in [1.82, 2.24) is 0 Å². The predicted octanol–water partition coefficient (Wildman–Crippen LogP) is 3.78. The summed E-state index contributed by atoms with van der Waals surface area (Å²) in [5, 5.41) is 0. The smallest absolute Gasteiger partial charge is 0.196 e. The number of aromatic nitrogens is 1. The zero-order chi connectivity index (χ0) is 14.5. The molecule has 102 valence electrons. The van der Waals surface area contributed by atoms with Crippen molar-refractivity contribution in [2.24, 2.45) is 0 Å². The number of para-hydroxylation sites is 2. The first-order valence-electron chi connectivity index (χ1n) is 6.77. The molecule has 0 aliphatic rings. The maximum atomic E-state index is 12.8. The van der Waals surface area contributed by atoms with E-state index in [0.717, 1.165) is 11.4 Å². The molecule has 0 aliphatic carbocycles. The lowest BCUT2D eigenvalue weighted by molar-refractivity contribution is -0.569. The molecule has 3 heteroatoms. The van der Waals surface area contributed by atoms with Gasteiger partial charge in [-0.25, -0.2) is 0 Å². The fourth-order valence-electron chi connectivity index (χ4n) is 2.17. The Kier molecular flexibility index (Phi) is 3.74. The number of carbonyl (C=O) groups is 1. The van der Waals surface area contributed by atoms with Crippen LogP contribution in [0.3, 0.4) is 0 Å². The average Bonchev–Trinajstić information content (AvgIpc) is 2.58. The molecule has 0 aliphatic heterocycles. The summed E-state index contributed by atoms with van der Waals surface area (Å²) in [5.41, 5.74) is 1.68. The van der Waals surface area contributed by atoms with Crippen molar-refractivity contribution >= 4 is 17.4 Å². The molecule has 0 fully saturated rings. The second-order valence-corrected chi connectivity index (χ2v) is 4.57. The van der Waals surface area contributed by atoms with Crippen molar-refractivity contribution in [2.45, 2.75) is 0 Å². The van der Waals surface area contributed by atoms with E-state index in [9.17, 15) is 4.79 Å². The number of carbonyl (C=O) groups excluding carboxylic acids is 1. The zero-order valence-corrected chi connectivity index (χ0v) is 11.5. The van der Waals surface area contributed by atoms with Crippen LogP contribution in [0.5, 0.6) is 0 Å². The van der Waals surface area contributed by atoms with Crippen LogP contribution in [-0.2, 0) is 0 Å². The molecule has 21 heavy (non-hydrogen) atoms. The quantitative estimate of drug-likeness (QED) is 0.653. The molecule has 3 nitrogen and oxygen atoms in total. The fourth-order valence-corrected chi connectivity index (χ4v) is 2.17. The molecule has 0 saturated carbocycles. The molecular weight excluding hydrogens is 260 g/mol. The third-order valence-electron chi connectivity index (χ3n) is 3.16. The SMILES string of the molecule is O=C(N(c1ccccc1)c1ccccc1)[n+]1ccccc1. The van der Waals surface area contributed by atoms with Crippen LogP contribution < -0.4 is 9.47 Å². The molecule has 3 aromatic rings. The number of rotatable bonds is 2. The van der Waals surface area contributed by atoms with Gasteiger partial charge in [0.1, 0.15) is 11.4 Å². The van der Waals surface area contributed by atoms with Crippen molar-refractivity contribution < 1.29 is 9.36 Å². The fraction of sp³-hybridized carbons (Fsp3) is 0.